The lowest BCUT2D eigenvalue weighted by atomic mass is 10.1. The number of rotatable bonds is 4. The summed E-state index contributed by atoms with van der Waals surface area (Å²) in [4.78, 5) is 14.9. The summed E-state index contributed by atoms with van der Waals surface area (Å²) in [7, 11) is 0. The second-order valence-electron chi connectivity index (χ2n) is 7.88. The van der Waals surface area contributed by atoms with Crippen LogP contribution in [0.2, 0.25) is 0 Å². The third-order valence-electron chi connectivity index (χ3n) is 5.58. The summed E-state index contributed by atoms with van der Waals surface area (Å²) < 4.78 is 6.05. The van der Waals surface area contributed by atoms with Gasteiger partial charge in [-0.05, 0) is 43.9 Å². The van der Waals surface area contributed by atoms with Crippen LogP contribution in [0.15, 0.2) is 42.5 Å². The van der Waals surface area contributed by atoms with E-state index in [4.69, 9.17) is 4.74 Å². The van der Waals surface area contributed by atoms with E-state index in [-0.39, 0.29) is 18.1 Å². The Kier molecular flexibility index (Phi) is 5.17. The predicted molar refractivity (Wildman–Crippen MR) is 107 cm³/mol. The first-order chi connectivity index (χ1) is 13.1. The fourth-order valence-corrected chi connectivity index (χ4v) is 4.27. The largest absolute Gasteiger partial charge is 0.489 e. The average molecular weight is 364 g/mol. The topological polar surface area (TPSA) is 41.6 Å². The Hall–Kier alpha value is -2.33. The second kappa shape index (κ2) is 7.73. The van der Waals surface area contributed by atoms with E-state index < -0.39 is 0 Å². The van der Waals surface area contributed by atoms with Crippen LogP contribution in [0.5, 0.6) is 5.75 Å². The minimum Gasteiger partial charge on any atom is -0.489 e. The number of benzene rings is 2. The van der Waals surface area contributed by atoms with Crippen LogP contribution in [-0.2, 0) is 17.8 Å². The van der Waals surface area contributed by atoms with Crippen LogP contribution in [0, 0.1) is 6.92 Å². The van der Waals surface area contributed by atoms with Gasteiger partial charge in [0.1, 0.15) is 11.9 Å². The van der Waals surface area contributed by atoms with Crippen molar-refractivity contribution in [3.8, 4) is 5.75 Å². The molecule has 0 unspecified atom stereocenters. The Labute approximate surface area is 161 Å². The van der Waals surface area contributed by atoms with Gasteiger partial charge in [0.2, 0.25) is 5.91 Å². The van der Waals surface area contributed by atoms with E-state index in [9.17, 15) is 4.79 Å². The lowest BCUT2D eigenvalue weighted by Crippen LogP contribution is -2.35. The molecule has 0 saturated heterocycles. The van der Waals surface area contributed by atoms with Crippen molar-refractivity contribution in [2.24, 2.45) is 0 Å². The third-order valence-corrected chi connectivity index (χ3v) is 5.58. The van der Waals surface area contributed by atoms with E-state index >= 15 is 0 Å². The lowest BCUT2D eigenvalue weighted by molar-refractivity contribution is -0.122. The van der Waals surface area contributed by atoms with Gasteiger partial charge in [0.25, 0.3) is 0 Å². The fraction of sp³-hybridized carbons (Fsp3) is 0.435. The molecule has 4 rings (SSSR count). The predicted octanol–water partition coefficient (Wildman–Crippen LogP) is 3.77. The summed E-state index contributed by atoms with van der Waals surface area (Å²) in [5.74, 6) is 1.11. The smallest absolute Gasteiger partial charge is 0.221 e. The number of aryl methyl sites for hydroxylation is 2. The van der Waals surface area contributed by atoms with Gasteiger partial charge in [0, 0.05) is 31.6 Å². The fourth-order valence-electron chi connectivity index (χ4n) is 4.27. The van der Waals surface area contributed by atoms with Crippen molar-refractivity contribution in [2.45, 2.75) is 51.8 Å². The Morgan fingerprint density at radius 2 is 2.07 bits per heavy atom. The number of ether oxygens (including phenoxy) is 1. The molecule has 1 N–H and O–H groups in total. The molecule has 2 aromatic rings. The van der Waals surface area contributed by atoms with Gasteiger partial charge in [-0.1, -0.05) is 42.0 Å². The summed E-state index contributed by atoms with van der Waals surface area (Å²) in [6, 6.07) is 15.0. The van der Waals surface area contributed by atoms with E-state index in [0.29, 0.717) is 6.42 Å². The molecular weight excluding hydrogens is 336 g/mol. The SMILES string of the molecule is Cc1ccc2c(c1)CN(CCC(=O)N[C@@H]1CCc3ccccc31)C[C@H](C)O2. The summed E-state index contributed by atoms with van der Waals surface area (Å²) in [6.07, 6.45) is 2.70. The summed E-state index contributed by atoms with van der Waals surface area (Å²) in [6.45, 7) is 6.62. The monoisotopic (exact) mass is 364 g/mol. The molecule has 27 heavy (non-hydrogen) atoms. The Bertz CT molecular complexity index is 833. The molecule has 0 saturated carbocycles. The molecule has 0 spiro atoms. The maximum Gasteiger partial charge on any atom is 0.221 e. The number of hydrogen-bond acceptors (Lipinski definition) is 3. The zero-order valence-corrected chi connectivity index (χ0v) is 16.2. The highest BCUT2D eigenvalue weighted by atomic mass is 16.5. The van der Waals surface area contributed by atoms with Crippen LogP contribution in [0.25, 0.3) is 0 Å². The quantitative estimate of drug-likeness (QED) is 0.898. The molecular formula is C23H28N2O2. The lowest BCUT2D eigenvalue weighted by Gasteiger charge is -2.22. The van der Waals surface area contributed by atoms with Crippen LogP contribution in [0.1, 0.15) is 48.1 Å². The molecule has 1 aliphatic heterocycles. The van der Waals surface area contributed by atoms with E-state index in [1.807, 2.05) is 0 Å². The molecule has 142 valence electrons. The number of nitrogens with one attached hydrogen (secondary N) is 1. The van der Waals surface area contributed by atoms with E-state index in [1.54, 1.807) is 0 Å². The maximum atomic E-state index is 12.5. The highest BCUT2D eigenvalue weighted by molar-refractivity contribution is 5.76. The second-order valence-corrected chi connectivity index (χ2v) is 7.88. The van der Waals surface area contributed by atoms with Crippen LogP contribution < -0.4 is 10.1 Å². The molecule has 2 aromatic carbocycles. The van der Waals surface area contributed by atoms with Crippen molar-refractivity contribution < 1.29 is 9.53 Å². The molecule has 0 fully saturated rings. The first-order valence-electron chi connectivity index (χ1n) is 9.94. The van der Waals surface area contributed by atoms with E-state index in [1.165, 1.54) is 22.3 Å². The third kappa shape index (κ3) is 4.16. The zero-order chi connectivity index (χ0) is 18.8. The number of hydrogen-bond donors (Lipinski definition) is 1. The van der Waals surface area contributed by atoms with Gasteiger partial charge in [-0.15, -0.1) is 0 Å². The molecule has 1 aliphatic carbocycles. The first-order valence-corrected chi connectivity index (χ1v) is 9.94. The molecule has 1 heterocycles. The minimum absolute atomic E-state index is 0.124. The highest BCUT2D eigenvalue weighted by Crippen LogP contribution is 2.31. The van der Waals surface area contributed by atoms with Crippen molar-refractivity contribution in [2.75, 3.05) is 13.1 Å². The van der Waals surface area contributed by atoms with Crippen molar-refractivity contribution in [3.05, 3.63) is 64.7 Å². The number of amides is 1. The minimum atomic E-state index is 0.124. The molecule has 2 aliphatic rings. The Morgan fingerprint density at radius 3 is 2.96 bits per heavy atom. The van der Waals surface area contributed by atoms with Crippen molar-refractivity contribution in [1.29, 1.82) is 0 Å². The standard InChI is InChI=1S/C23H28N2O2/c1-16-7-10-22-19(13-16)15-25(14-17(2)27-22)12-11-23(26)24-21-9-8-18-5-3-4-6-20(18)21/h3-7,10,13,17,21H,8-9,11-12,14-15H2,1-2H3,(H,24,26)/t17-,21+/m0/s1. The van der Waals surface area contributed by atoms with Crippen LogP contribution in [-0.4, -0.2) is 30.0 Å². The maximum absolute atomic E-state index is 12.5. The molecule has 2 atom stereocenters. The highest BCUT2D eigenvalue weighted by Gasteiger charge is 2.24. The number of fused-ring (bicyclic) bond motifs is 2. The average Bonchev–Trinajstić information content (AvgIpc) is 2.97. The van der Waals surface area contributed by atoms with Crippen LogP contribution in [0.3, 0.4) is 0 Å². The Morgan fingerprint density at radius 1 is 1.22 bits per heavy atom. The van der Waals surface area contributed by atoms with Gasteiger partial charge < -0.3 is 10.1 Å². The van der Waals surface area contributed by atoms with Crippen LogP contribution in [0.4, 0.5) is 0 Å². The van der Waals surface area contributed by atoms with E-state index in [2.05, 4.69) is 66.5 Å². The number of nitrogens with zero attached hydrogens (tertiary/aromatic N) is 1. The van der Waals surface area contributed by atoms with Gasteiger partial charge in [-0.3, -0.25) is 9.69 Å². The number of carbonyl (C=O) groups is 1. The molecule has 0 bridgehead atoms. The van der Waals surface area contributed by atoms with E-state index in [0.717, 1.165) is 38.2 Å². The number of carbonyl (C=O) groups excluding carboxylic acids is 1. The van der Waals surface area contributed by atoms with Gasteiger partial charge in [0.05, 0.1) is 6.04 Å². The molecule has 4 nitrogen and oxygen atoms in total. The van der Waals surface area contributed by atoms with Gasteiger partial charge in [0.15, 0.2) is 0 Å². The van der Waals surface area contributed by atoms with Gasteiger partial charge in [-0.25, -0.2) is 0 Å². The first kappa shape index (κ1) is 18.1. The summed E-state index contributed by atoms with van der Waals surface area (Å²) in [5.41, 5.74) is 5.11. The van der Waals surface area contributed by atoms with Crippen molar-refractivity contribution in [1.82, 2.24) is 10.2 Å². The molecule has 0 aromatic heterocycles. The molecule has 0 radical (unpaired) electrons. The normalized spacial score (nSPS) is 21.7. The van der Waals surface area contributed by atoms with Crippen LogP contribution >= 0.6 is 0 Å². The summed E-state index contributed by atoms with van der Waals surface area (Å²) >= 11 is 0. The van der Waals surface area contributed by atoms with Crippen molar-refractivity contribution in [3.63, 3.8) is 0 Å². The van der Waals surface area contributed by atoms with Gasteiger partial charge >= 0.3 is 0 Å². The molecule has 1 amide bonds. The zero-order valence-electron chi connectivity index (χ0n) is 16.2. The van der Waals surface area contributed by atoms with Gasteiger partial charge in [-0.2, -0.15) is 0 Å². The summed E-state index contributed by atoms with van der Waals surface area (Å²) in [5, 5.41) is 3.23. The van der Waals surface area contributed by atoms with Crippen molar-refractivity contribution >= 4 is 5.91 Å². The Balaban J connectivity index is 1.35. The molecule has 4 heteroatoms.